The molecule has 11 heteroatoms. The van der Waals surface area contributed by atoms with Crippen LogP contribution in [-0.4, -0.2) is 87.6 Å². The topological polar surface area (TPSA) is 95.9 Å². The van der Waals surface area contributed by atoms with E-state index in [9.17, 15) is 9.50 Å². The van der Waals surface area contributed by atoms with E-state index in [0.29, 0.717) is 48.9 Å². The minimum atomic E-state index is -0.885. The Morgan fingerprint density at radius 2 is 2.07 bits per heavy atom. The summed E-state index contributed by atoms with van der Waals surface area (Å²) in [6, 6.07) is 9.53. The third-order valence-corrected chi connectivity index (χ3v) is 10.6. The second kappa shape index (κ2) is 9.58. The number of pyridine rings is 1. The van der Waals surface area contributed by atoms with Crippen LogP contribution < -0.4 is 19.7 Å². The van der Waals surface area contributed by atoms with Gasteiger partial charge in [-0.1, -0.05) is 18.2 Å². The molecule has 4 aromatic rings. The SMILES string of the molecule is Cc1cccc2cc(O)cc(-c3nc4c5c(nc(OC[C@]67CCCN6C[C@H](F)C7)nc5c3F)N3CC5CC[C@H](N5)[C@@H]3CO4)c12. The van der Waals surface area contributed by atoms with Crippen molar-refractivity contribution in [3.63, 3.8) is 0 Å². The lowest BCUT2D eigenvalue weighted by Crippen LogP contribution is -2.60. The zero-order valence-electron chi connectivity index (χ0n) is 24.5. The number of aromatic nitrogens is 3. The molecule has 2 N–H and O–H groups in total. The fraction of sp³-hybridized carbons (Fsp3) is 0.485. The summed E-state index contributed by atoms with van der Waals surface area (Å²) in [6.45, 7) is 4.53. The van der Waals surface area contributed by atoms with Gasteiger partial charge in [-0.05, 0) is 67.6 Å². The van der Waals surface area contributed by atoms with Crippen molar-refractivity contribution in [3.05, 3.63) is 41.7 Å². The monoisotopic (exact) mass is 600 g/mol. The Morgan fingerprint density at radius 3 is 2.98 bits per heavy atom. The molecule has 0 amide bonds. The summed E-state index contributed by atoms with van der Waals surface area (Å²) in [5.41, 5.74) is 1.12. The lowest BCUT2D eigenvalue weighted by molar-refractivity contribution is 0.107. The quantitative estimate of drug-likeness (QED) is 0.347. The van der Waals surface area contributed by atoms with E-state index in [0.717, 1.165) is 48.6 Å². The number of ether oxygens (including phenoxy) is 2. The van der Waals surface area contributed by atoms with E-state index in [4.69, 9.17) is 19.4 Å². The Kier molecular flexibility index (Phi) is 5.79. The number of alkyl halides is 1. The Balaban J connectivity index is 1.23. The third-order valence-electron chi connectivity index (χ3n) is 10.6. The second-order valence-electron chi connectivity index (χ2n) is 13.2. The first-order valence-corrected chi connectivity index (χ1v) is 15.7. The van der Waals surface area contributed by atoms with Crippen molar-refractivity contribution in [2.75, 3.05) is 37.7 Å². The number of halogens is 2. The molecule has 2 bridgehead atoms. The molecule has 9 nitrogen and oxygen atoms in total. The Morgan fingerprint density at radius 1 is 1.16 bits per heavy atom. The number of aromatic hydroxyl groups is 1. The van der Waals surface area contributed by atoms with Gasteiger partial charge in [0.2, 0.25) is 5.88 Å². The first-order valence-electron chi connectivity index (χ1n) is 15.7. The molecule has 1 unspecified atom stereocenters. The molecule has 5 aliphatic rings. The molecule has 228 valence electrons. The summed E-state index contributed by atoms with van der Waals surface area (Å²) in [4.78, 5) is 18.8. The van der Waals surface area contributed by atoms with Crippen LogP contribution in [0.5, 0.6) is 17.6 Å². The van der Waals surface area contributed by atoms with Crippen molar-refractivity contribution in [1.82, 2.24) is 25.2 Å². The Hall–Kier alpha value is -3.83. The number of hydrogen-bond donors (Lipinski definition) is 2. The smallest absolute Gasteiger partial charge is 0.319 e. The van der Waals surface area contributed by atoms with Gasteiger partial charge in [-0.15, -0.1) is 0 Å². The van der Waals surface area contributed by atoms with Crippen LogP contribution in [0.2, 0.25) is 0 Å². The van der Waals surface area contributed by atoms with E-state index >= 15 is 4.39 Å². The van der Waals surface area contributed by atoms with Crippen LogP contribution in [0.1, 0.15) is 37.7 Å². The molecular formula is C33H34F2N6O3. The van der Waals surface area contributed by atoms with E-state index in [-0.39, 0.29) is 47.5 Å². The number of aryl methyl sites for hydroxylation is 1. The van der Waals surface area contributed by atoms with Gasteiger partial charge in [-0.2, -0.15) is 9.97 Å². The molecule has 0 radical (unpaired) electrons. The summed E-state index contributed by atoms with van der Waals surface area (Å²) < 4.78 is 44.1. The van der Waals surface area contributed by atoms with Gasteiger partial charge in [0.1, 0.15) is 47.5 Å². The summed E-state index contributed by atoms with van der Waals surface area (Å²) in [7, 11) is 0. The van der Waals surface area contributed by atoms with Gasteiger partial charge < -0.3 is 24.8 Å². The maximum atomic E-state index is 16.9. The lowest BCUT2D eigenvalue weighted by atomic mass is 9.95. The van der Waals surface area contributed by atoms with E-state index < -0.39 is 17.5 Å². The third kappa shape index (κ3) is 3.91. The van der Waals surface area contributed by atoms with E-state index in [1.165, 1.54) is 0 Å². The molecule has 5 atom stereocenters. The number of piperazine rings is 1. The van der Waals surface area contributed by atoms with Crippen LogP contribution in [0, 0.1) is 12.7 Å². The van der Waals surface area contributed by atoms with E-state index in [2.05, 4.69) is 20.1 Å². The number of benzene rings is 2. The largest absolute Gasteiger partial charge is 0.508 e. The first-order chi connectivity index (χ1) is 21.4. The zero-order chi connectivity index (χ0) is 29.7. The Bertz CT molecular complexity index is 1840. The van der Waals surface area contributed by atoms with Crippen molar-refractivity contribution in [1.29, 1.82) is 0 Å². The average molecular weight is 601 g/mol. The van der Waals surface area contributed by atoms with Gasteiger partial charge in [-0.3, -0.25) is 4.90 Å². The highest BCUT2D eigenvalue weighted by Crippen LogP contribution is 2.45. The molecule has 4 saturated heterocycles. The van der Waals surface area contributed by atoms with Crippen molar-refractivity contribution >= 4 is 27.5 Å². The Labute approximate surface area is 253 Å². The van der Waals surface area contributed by atoms with Gasteiger partial charge >= 0.3 is 6.01 Å². The summed E-state index contributed by atoms with van der Waals surface area (Å²) >= 11 is 0. The van der Waals surface area contributed by atoms with Crippen molar-refractivity contribution in [3.8, 4) is 28.9 Å². The molecule has 5 aliphatic heterocycles. The highest BCUT2D eigenvalue weighted by Gasteiger charge is 2.50. The minimum Gasteiger partial charge on any atom is -0.508 e. The number of nitrogens with zero attached hydrogens (tertiary/aromatic N) is 5. The predicted octanol–water partition coefficient (Wildman–Crippen LogP) is 4.65. The maximum absolute atomic E-state index is 16.9. The maximum Gasteiger partial charge on any atom is 0.319 e. The molecule has 44 heavy (non-hydrogen) atoms. The number of nitrogens with one attached hydrogen (secondary N) is 1. The number of hydrogen-bond acceptors (Lipinski definition) is 9. The van der Waals surface area contributed by atoms with Gasteiger partial charge in [0, 0.05) is 37.2 Å². The standard InChI is InChI=1S/C33H34F2N6O3/c1-17-4-2-5-18-10-21(42)11-22(25(17)18)28-27(35)29-26-30(41-14-20-6-7-23(36-20)24(41)15-43-31(26)37-28)39-32(38-29)44-16-33-8-3-9-40(33)13-19(34)12-33/h2,4-5,10-11,19-20,23-24,36,42H,3,6-9,12-16H2,1H3/t19-,20?,23+,24+,33-/m1/s1. The normalized spacial score (nSPS) is 29.1. The molecule has 9 rings (SSSR count). The molecule has 7 heterocycles. The van der Waals surface area contributed by atoms with Crippen LogP contribution in [0.25, 0.3) is 32.9 Å². The molecule has 0 aliphatic carbocycles. The highest BCUT2D eigenvalue weighted by molar-refractivity contribution is 6.03. The van der Waals surface area contributed by atoms with Crippen molar-refractivity contribution in [2.24, 2.45) is 0 Å². The van der Waals surface area contributed by atoms with Crippen molar-refractivity contribution in [2.45, 2.75) is 68.9 Å². The van der Waals surface area contributed by atoms with Gasteiger partial charge in [0.25, 0.3) is 0 Å². The van der Waals surface area contributed by atoms with E-state index in [1.807, 2.05) is 25.1 Å². The fourth-order valence-corrected chi connectivity index (χ4v) is 8.59. The highest BCUT2D eigenvalue weighted by atomic mass is 19.1. The second-order valence-corrected chi connectivity index (χ2v) is 13.2. The number of phenolic OH excluding ortho intramolecular Hbond substituents is 1. The molecule has 2 aromatic carbocycles. The molecule has 2 aromatic heterocycles. The van der Waals surface area contributed by atoms with Crippen molar-refractivity contribution < 1.29 is 23.4 Å². The molecule has 0 spiro atoms. The number of fused-ring (bicyclic) bond motifs is 7. The van der Waals surface area contributed by atoms with Crippen LogP contribution in [0.15, 0.2) is 30.3 Å². The summed E-state index contributed by atoms with van der Waals surface area (Å²) in [5, 5.41) is 16.3. The lowest BCUT2D eigenvalue weighted by Gasteiger charge is -2.40. The first kappa shape index (κ1) is 26.6. The number of anilines is 1. The van der Waals surface area contributed by atoms with Crippen LogP contribution in [0.3, 0.4) is 0 Å². The minimum absolute atomic E-state index is 0.0147. The predicted molar refractivity (Wildman–Crippen MR) is 162 cm³/mol. The van der Waals surface area contributed by atoms with Gasteiger partial charge in [0.15, 0.2) is 5.82 Å². The van der Waals surface area contributed by atoms with Crippen LogP contribution >= 0.6 is 0 Å². The summed E-state index contributed by atoms with van der Waals surface area (Å²) in [5.74, 6) is 0.218. The molecule has 4 fully saturated rings. The van der Waals surface area contributed by atoms with E-state index in [1.54, 1.807) is 12.1 Å². The average Bonchev–Trinajstić information content (AvgIpc) is 3.64. The fourth-order valence-electron chi connectivity index (χ4n) is 8.59. The van der Waals surface area contributed by atoms with Crippen LogP contribution in [0.4, 0.5) is 14.6 Å². The summed E-state index contributed by atoms with van der Waals surface area (Å²) in [6.07, 6.45) is 3.45. The zero-order valence-corrected chi connectivity index (χ0v) is 24.5. The number of phenols is 1. The number of rotatable bonds is 4. The van der Waals surface area contributed by atoms with Gasteiger partial charge in [0.05, 0.1) is 11.6 Å². The molecular weight excluding hydrogens is 566 g/mol. The van der Waals surface area contributed by atoms with Crippen LogP contribution in [-0.2, 0) is 0 Å². The molecule has 0 saturated carbocycles. The van der Waals surface area contributed by atoms with Gasteiger partial charge in [-0.25, -0.2) is 13.8 Å².